The number of aliphatic carboxylic acids is 1. The lowest BCUT2D eigenvalue weighted by molar-refractivity contribution is -0.139. The van der Waals surface area contributed by atoms with Gasteiger partial charge in [-0.3, -0.25) is 4.79 Å². The predicted octanol–water partition coefficient (Wildman–Crippen LogP) is 3.42. The summed E-state index contributed by atoms with van der Waals surface area (Å²) in [5, 5.41) is 15.5. The van der Waals surface area contributed by atoms with E-state index in [-0.39, 0.29) is 29.5 Å². The van der Waals surface area contributed by atoms with Crippen LogP contribution in [0.25, 0.3) is 0 Å². The molecule has 3 rings (SSSR count). The van der Waals surface area contributed by atoms with Crippen LogP contribution in [0.5, 0.6) is 5.88 Å². The van der Waals surface area contributed by atoms with Crippen molar-refractivity contribution in [2.45, 2.75) is 51.5 Å². The number of amides is 1. The molecule has 1 aliphatic rings. The fraction of sp³-hybridized carbons (Fsp3) is 0.500. The SMILES string of the molecule is COc1ncc(Cl)c(C(=O)N[C@@H](CCOCCCCc2ccc3c(n2)NCCC3)C(=O)O)c1C. The van der Waals surface area contributed by atoms with Crippen molar-refractivity contribution in [1.29, 1.82) is 0 Å². The highest BCUT2D eigenvalue weighted by Gasteiger charge is 2.24. The van der Waals surface area contributed by atoms with Crippen molar-refractivity contribution in [1.82, 2.24) is 15.3 Å². The first-order chi connectivity index (χ1) is 16.4. The molecule has 34 heavy (non-hydrogen) atoms. The van der Waals surface area contributed by atoms with Gasteiger partial charge in [-0.1, -0.05) is 17.7 Å². The Bertz CT molecular complexity index is 1020. The van der Waals surface area contributed by atoms with Crippen LogP contribution in [0, 0.1) is 6.92 Å². The molecule has 0 spiro atoms. The molecule has 1 aliphatic heterocycles. The lowest BCUT2D eigenvalue weighted by Crippen LogP contribution is -2.42. The zero-order chi connectivity index (χ0) is 24.5. The van der Waals surface area contributed by atoms with Crippen molar-refractivity contribution in [3.8, 4) is 5.88 Å². The average molecular weight is 491 g/mol. The quantitative estimate of drug-likeness (QED) is 0.387. The van der Waals surface area contributed by atoms with Crippen LogP contribution < -0.4 is 15.4 Å². The molecule has 0 saturated heterocycles. The summed E-state index contributed by atoms with van der Waals surface area (Å²) in [7, 11) is 1.43. The first-order valence-corrected chi connectivity index (χ1v) is 11.8. The Kier molecular flexibility index (Phi) is 9.47. The number of pyridine rings is 2. The van der Waals surface area contributed by atoms with Crippen LogP contribution in [0.2, 0.25) is 5.02 Å². The monoisotopic (exact) mass is 490 g/mol. The van der Waals surface area contributed by atoms with E-state index >= 15 is 0 Å². The highest BCUT2D eigenvalue weighted by Crippen LogP contribution is 2.25. The lowest BCUT2D eigenvalue weighted by Gasteiger charge is -2.17. The van der Waals surface area contributed by atoms with Crippen LogP contribution in [0.3, 0.4) is 0 Å². The van der Waals surface area contributed by atoms with Gasteiger partial charge in [-0.25, -0.2) is 14.8 Å². The number of unbranched alkanes of at least 4 members (excludes halogenated alkanes) is 1. The molecule has 2 aromatic rings. The summed E-state index contributed by atoms with van der Waals surface area (Å²) in [5.41, 5.74) is 2.92. The van der Waals surface area contributed by atoms with Crippen LogP contribution in [-0.4, -0.2) is 59.9 Å². The summed E-state index contributed by atoms with van der Waals surface area (Å²) in [5.74, 6) is -0.475. The van der Waals surface area contributed by atoms with E-state index in [1.807, 2.05) is 0 Å². The Morgan fingerprint density at radius 2 is 2.12 bits per heavy atom. The van der Waals surface area contributed by atoms with Crippen LogP contribution in [0.4, 0.5) is 5.82 Å². The Labute approximate surface area is 204 Å². The van der Waals surface area contributed by atoms with Crippen LogP contribution >= 0.6 is 11.6 Å². The van der Waals surface area contributed by atoms with Crippen molar-refractivity contribution >= 4 is 29.3 Å². The number of hydrogen-bond acceptors (Lipinski definition) is 7. The first-order valence-electron chi connectivity index (χ1n) is 11.4. The zero-order valence-electron chi connectivity index (χ0n) is 19.5. The minimum absolute atomic E-state index is 0.125. The molecular formula is C24H31ClN4O5. The molecule has 0 bridgehead atoms. The van der Waals surface area contributed by atoms with Gasteiger partial charge >= 0.3 is 5.97 Å². The van der Waals surface area contributed by atoms with Gasteiger partial charge in [-0.2, -0.15) is 0 Å². The minimum Gasteiger partial charge on any atom is -0.481 e. The van der Waals surface area contributed by atoms with Gasteiger partial charge in [0.25, 0.3) is 5.91 Å². The molecule has 0 saturated carbocycles. The number of aromatic nitrogens is 2. The number of carboxylic acids is 1. The number of nitrogens with zero attached hydrogens (tertiary/aromatic N) is 2. The molecule has 0 aromatic carbocycles. The predicted molar refractivity (Wildman–Crippen MR) is 129 cm³/mol. The zero-order valence-corrected chi connectivity index (χ0v) is 20.3. The van der Waals surface area contributed by atoms with Crippen LogP contribution in [0.15, 0.2) is 18.3 Å². The van der Waals surface area contributed by atoms with Gasteiger partial charge < -0.3 is 25.2 Å². The lowest BCUT2D eigenvalue weighted by atomic mass is 10.1. The van der Waals surface area contributed by atoms with E-state index < -0.39 is 17.9 Å². The highest BCUT2D eigenvalue weighted by molar-refractivity contribution is 6.34. The number of carboxylic acid groups (broad SMARTS) is 1. The molecule has 2 aromatic heterocycles. The number of fused-ring (bicyclic) bond motifs is 1. The fourth-order valence-electron chi connectivity index (χ4n) is 3.86. The van der Waals surface area contributed by atoms with Crippen molar-refractivity contribution in [3.05, 3.63) is 45.7 Å². The van der Waals surface area contributed by atoms with Crippen molar-refractivity contribution < 1.29 is 24.2 Å². The van der Waals surface area contributed by atoms with Gasteiger partial charge in [0.2, 0.25) is 5.88 Å². The summed E-state index contributed by atoms with van der Waals surface area (Å²) in [6, 6.07) is 3.13. The van der Waals surface area contributed by atoms with E-state index in [4.69, 9.17) is 21.1 Å². The number of rotatable bonds is 12. The second kappa shape index (κ2) is 12.5. The molecule has 10 heteroatoms. The van der Waals surface area contributed by atoms with Gasteiger partial charge in [0.15, 0.2) is 0 Å². The molecule has 0 radical (unpaired) electrons. The van der Waals surface area contributed by atoms with Gasteiger partial charge in [-0.15, -0.1) is 0 Å². The maximum Gasteiger partial charge on any atom is 0.326 e. The number of carbonyl (C=O) groups is 2. The molecule has 0 fully saturated rings. The van der Waals surface area contributed by atoms with Crippen LogP contribution in [-0.2, 0) is 22.4 Å². The Hall–Kier alpha value is -2.91. The Balaban J connectivity index is 1.40. The maximum absolute atomic E-state index is 12.7. The van der Waals surface area contributed by atoms with E-state index in [1.54, 1.807) is 6.92 Å². The van der Waals surface area contributed by atoms with Gasteiger partial charge in [0.05, 0.1) is 23.9 Å². The van der Waals surface area contributed by atoms with Crippen molar-refractivity contribution in [2.75, 3.05) is 32.2 Å². The topological polar surface area (TPSA) is 123 Å². The maximum atomic E-state index is 12.7. The van der Waals surface area contributed by atoms with E-state index in [2.05, 4.69) is 32.7 Å². The van der Waals surface area contributed by atoms with E-state index in [9.17, 15) is 14.7 Å². The molecule has 0 unspecified atom stereocenters. The molecular weight excluding hydrogens is 460 g/mol. The largest absolute Gasteiger partial charge is 0.481 e. The molecule has 0 aliphatic carbocycles. The number of methoxy groups -OCH3 is 1. The number of nitrogens with one attached hydrogen (secondary N) is 2. The summed E-state index contributed by atoms with van der Waals surface area (Å²) < 4.78 is 10.7. The molecule has 3 heterocycles. The second-order valence-corrected chi connectivity index (χ2v) is 8.59. The molecule has 3 N–H and O–H groups in total. The standard InChI is InChI=1S/C24H31ClN4O5/c1-15-20(18(25)14-27-23(15)33-2)22(30)29-19(24(31)32)10-13-34-12-4-3-7-17-9-8-16-6-5-11-26-21(16)28-17/h8-9,14,19H,3-7,10-13H2,1-2H3,(H,26,28)(H,29,30)(H,31,32)/t19-/m0/s1. The average Bonchev–Trinajstić information content (AvgIpc) is 2.82. The summed E-state index contributed by atoms with van der Waals surface area (Å²) in [6.45, 7) is 3.33. The number of hydrogen-bond donors (Lipinski definition) is 3. The minimum atomic E-state index is -1.14. The van der Waals surface area contributed by atoms with Gasteiger partial charge in [-0.05, 0) is 50.7 Å². The Morgan fingerprint density at radius 1 is 1.29 bits per heavy atom. The van der Waals surface area contributed by atoms with E-state index in [0.29, 0.717) is 12.2 Å². The molecule has 184 valence electrons. The summed E-state index contributed by atoms with van der Waals surface area (Å²) >= 11 is 6.11. The normalized spacial score (nSPS) is 13.5. The fourth-order valence-corrected chi connectivity index (χ4v) is 4.13. The third-order valence-electron chi connectivity index (χ3n) is 5.73. The Morgan fingerprint density at radius 3 is 2.88 bits per heavy atom. The third-order valence-corrected chi connectivity index (χ3v) is 6.01. The third kappa shape index (κ3) is 6.80. The number of ether oxygens (including phenoxy) is 2. The smallest absolute Gasteiger partial charge is 0.326 e. The van der Waals surface area contributed by atoms with Crippen molar-refractivity contribution in [3.63, 3.8) is 0 Å². The number of carbonyl (C=O) groups excluding carboxylic acids is 1. The highest BCUT2D eigenvalue weighted by atomic mass is 35.5. The summed E-state index contributed by atoms with van der Waals surface area (Å²) in [6.07, 6.45) is 6.28. The van der Waals surface area contributed by atoms with E-state index in [0.717, 1.165) is 50.2 Å². The van der Waals surface area contributed by atoms with Crippen molar-refractivity contribution in [2.24, 2.45) is 0 Å². The molecule has 1 atom stereocenters. The summed E-state index contributed by atoms with van der Waals surface area (Å²) in [4.78, 5) is 33.0. The number of anilines is 1. The second-order valence-electron chi connectivity index (χ2n) is 8.18. The van der Waals surface area contributed by atoms with Gasteiger partial charge in [0, 0.05) is 37.4 Å². The van der Waals surface area contributed by atoms with E-state index in [1.165, 1.54) is 18.9 Å². The molecule has 1 amide bonds. The number of aryl methyl sites for hydroxylation is 2. The van der Waals surface area contributed by atoms with Crippen LogP contribution in [0.1, 0.15) is 52.9 Å². The first kappa shape index (κ1) is 25.7. The number of halogens is 1. The van der Waals surface area contributed by atoms with Gasteiger partial charge in [0.1, 0.15) is 11.9 Å². The molecule has 9 nitrogen and oxygen atoms in total.